The molecule has 0 unspecified atom stereocenters. The van der Waals surface area contributed by atoms with Crippen LogP contribution < -0.4 is 5.84 Å². The van der Waals surface area contributed by atoms with Crippen LogP contribution in [0.5, 0.6) is 0 Å². The lowest BCUT2D eigenvalue weighted by Crippen LogP contribution is -2.41. The van der Waals surface area contributed by atoms with Gasteiger partial charge in [-0.2, -0.15) is 0 Å². The van der Waals surface area contributed by atoms with Gasteiger partial charge in [-0.1, -0.05) is 0 Å². The van der Waals surface area contributed by atoms with Gasteiger partial charge in [-0.3, -0.25) is 0 Å². The molecule has 0 saturated carbocycles. The molecule has 4 heteroatoms. The van der Waals surface area contributed by atoms with E-state index in [2.05, 4.69) is 0 Å². The molecule has 0 atom stereocenters. The van der Waals surface area contributed by atoms with Gasteiger partial charge in [0.1, 0.15) is 0 Å². The van der Waals surface area contributed by atoms with Crippen molar-refractivity contribution in [3.05, 3.63) is 11.8 Å². The number of nitrogens with two attached hydrogens (primary N) is 1. The van der Waals surface area contributed by atoms with Gasteiger partial charge in [-0.25, -0.2) is 5.84 Å². The second-order valence-electron chi connectivity index (χ2n) is 5.13. The number of nitrogens with zero attached hydrogens (tertiary/aromatic N) is 1. The van der Waals surface area contributed by atoms with Crippen LogP contribution in [-0.2, 0) is 9.47 Å². The Labute approximate surface area is 92.0 Å². The molecular weight excluding hydrogens is 192 g/mol. The maximum atomic E-state index is 5.85. The molecule has 1 saturated heterocycles. The Morgan fingerprint density at radius 2 is 1.60 bits per heavy atom. The summed E-state index contributed by atoms with van der Waals surface area (Å²) in [6.07, 6.45) is 1.50. The minimum atomic E-state index is -0.305. The predicted octanol–water partition coefficient (Wildman–Crippen LogP) is 1.63. The molecule has 0 bridgehead atoms. The van der Waals surface area contributed by atoms with Crippen molar-refractivity contribution in [2.45, 2.75) is 52.1 Å². The van der Waals surface area contributed by atoms with Gasteiger partial charge in [-0.05, 0) is 40.2 Å². The van der Waals surface area contributed by atoms with Crippen LogP contribution >= 0.6 is 0 Å². The summed E-state index contributed by atoms with van der Waals surface area (Å²) in [6.45, 7) is 10.1. The van der Waals surface area contributed by atoms with Gasteiger partial charge in [0.2, 0.25) is 0 Å². The summed E-state index contributed by atoms with van der Waals surface area (Å²) in [7, 11) is 1.77. The molecule has 1 rings (SSSR count). The van der Waals surface area contributed by atoms with Gasteiger partial charge in [0.15, 0.2) is 6.29 Å². The fourth-order valence-corrected chi connectivity index (χ4v) is 1.41. The van der Waals surface area contributed by atoms with E-state index in [1.54, 1.807) is 7.05 Å². The summed E-state index contributed by atoms with van der Waals surface area (Å²) < 4.78 is 11.7. The SMILES string of the molecule is C/C(=C\N(C)N)C1OC(C)(C)C(C)(C)O1. The molecule has 15 heavy (non-hydrogen) atoms. The molecular formula is C11H22N2O2. The molecule has 1 aliphatic heterocycles. The van der Waals surface area contributed by atoms with Crippen molar-refractivity contribution in [3.63, 3.8) is 0 Å². The van der Waals surface area contributed by atoms with Crippen molar-refractivity contribution >= 4 is 0 Å². The van der Waals surface area contributed by atoms with E-state index in [-0.39, 0.29) is 17.5 Å². The molecule has 1 aliphatic rings. The van der Waals surface area contributed by atoms with E-state index < -0.39 is 0 Å². The van der Waals surface area contributed by atoms with E-state index >= 15 is 0 Å². The van der Waals surface area contributed by atoms with E-state index in [0.717, 1.165) is 5.57 Å². The normalized spacial score (nSPS) is 25.7. The van der Waals surface area contributed by atoms with E-state index in [0.29, 0.717) is 0 Å². The lowest BCUT2D eigenvalue weighted by Gasteiger charge is -2.30. The Morgan fingerprint density at radius 3 is 1.93 bits per heavy atom. The third-order valence-corrected chi connectivity index (χ3v) is 3.03. The molecule has 0 radical (unpaired) electrons. The van der Waals surface area contributed by atoms with E-state index in [9.17, 15) is 0 Å². The average molecular weight is 214 g/mol. The van der Waals surface area contributed by atoms with Gasteiger partial charge >= 0.3 is 0 Å². The first-order chi connectivity index (χ1) is 6.66. The van der Waals surface area contributed by atoms with Crippen LogP contribution in [0.3, 0.4) is 0 Å². The number of ether oxygens (including phenoxy) is 2. The first-order valence-corrected chi connectivity index (χ1v) is 5.17. The maximum absolute atomic E-state index is 5.85. The lowest BCUT2D eigenvalue weighted by atomic mass is 9.90. The fourth-order valence-electron chi connectivity index (χ4n) is 1.41. The highest BCUT2D eigenvalue weighted by atomic mass is 16.7. The molecule has 1 heterocycles. The first kappa shape index (κ1) is 12.5. The van der Waals surface area contributed by atoms with Crippen molar-refractivity contribution in [2.24, 2.45) is 5.84 Å². The van der Waals surface area contributed by atoms with Crippen LogP contribution in [0.4, 0.5) is 0 Å². The highest BCUT2D eigenvalue weighted by molar-refractivity contribution is 5.07. The molecule has 4 nitrogen and oxygen atoms in total. The number of hydrogen-bond acceptors (Lipinski definition) is 4. The van der Waals surface area contributed by atoms with Crippen molar-refractivity contribution in [1.29, 1.82) is 0 Å². The van der Waals surface area contributed by atoms with Crippen LogP contribution in [0.25, 0.3) is 0 Å². The highest BCUT2D eigenvalue weighted by Gasteiger charge is 2.49. The van der Waals surface area contributed by atoms with E-state index in [1.165, 1.54) is 5.01 Å². The topological polar surface area (TPSA) is 47.7 Å². The molecule has 0 aromatic carbocycles. The zero-order chi connectivity index (χ0) is 11.9. The van der Waals surface area contributed by atoms with E-state index in [1.807, 2.05) is 40.8 Å². The summed E-state index contributed by atoms with van der Waals surface area (Å²) in [5.74, 6) is 5.54. The van der Waals surface area contributed by atoms with Crippen molar-refractivity contribution in [1.82, 2.24) is 5.01 Å². The largest absolute Gasteiger partial charge is 0.340 e. The summed E-state index contributed by atoms with van der Waals surface area (Å²) in [4.78, 5) is 0. The highest BCUT2D eigenvalue weighted by Crippen LogP contribution is 2.40. The fraction of sp³-hybridized carbons (Fsp3) is 0.818. The van der Waals surface area contributed by atoms with Gasteiger partial charge in [0.25, 0.3) is 0 Å². The average Bonchev–Trinajstić information content (AvgIpc) is 2.20. The standard InChI is InChI=1S/C11H22N2O2/c1-8(7-13(6)12)9-14-10(2,3)11(4,5)15-9/h7,9H,12H2,1-6H3/b8-7+. The molecule has 2 N–H and O–H groups in total. The summed E-state index contributed by atoms with van der Waals surface area (Å²) in [5, 5.41) is 1.50. The van der Waals surface area contributed by atoms with Crippen LogP contribution in [0.15, 0.2) is 11.8 Å². The van der Waals surface area contributed by atoms with Gasteiger partial charge in [0.05, 0.1) is 11.2 Å². The number of hydrogen-bond donors (Lipinski definition) is 1. The lowest BCUT2D eigenvalue weighted by molar-refractivity contribution is -0.0596. The van der Waals surface area contributed by atoms with Crippen molar-refractivity contribution in [2.75, 3.05) is 7.05 Å². The van der Waals surface area contributed by atoms with Gasteiger partial charge in [0, 0.05) is 13.2 Å². The third kappa shape index (κ3) is 2.51. The molecule has 0 aromatic rings. The Bertz CT molecular complexity index is 254. The summed E-state index contributed by atoms with van der Waals surface area (Å²) in [6, 6.07) is 0. The molecule has 88 valence electrons. The van der Waals surface area contributed by atoms with E-state index in [4.69, 9.17) is 15.3 Å². The Morgan fingerprint density at radius 1 is 1.20 bits per heavy atom. The minimum Gasteiger partial charge on any atom is -0.340 e. The smallest absolute Gasteiger partial charge is 0.182 e. The summed E-state index contributed by atoms with van der Waals surface area (Å²) >= 11 is 0. The number of rotatable bonds is 2. The predicted molar refractivity (Wildman–Crippen MR) is 59.8 cm³/mol. The van der Waals surface area contributed by atoms with Crippen molar-refractivity contribution in [3.8, 4) is 0 Å². The third-order valence-electron chi connectivity index (χ3n) is 3.03. The second-order valence-corrected chi connectivity index (χ2v) is 5.13. The van der Waals surface area contributed by atoms with Gasteiger partial charge in [-0.15, -0.1) is 0 Å². The minimum absolute atomic E-state index is 0.292. The van der Waals surface area contributed by atoms with Gasteiger partial charge < -0.3 is 14.5 Å². The monoisotopic (exact) mass is 214 g/mol. The molecule has 0 spiro atoms. The first-order valence-electron chi connectivity index (χ1n) is 5.17. The zero-order valence-corrected chi connectivity index (χ0v) is 10.5. The molecule has 0 amide bonds. The zero-order valence-electron chi connectivity index (χ0n) is 10.5. The summed E-state index contributed by atoms with van der Waals surface area (Å²) in [5.41, 5.74) is 0.388. The quantitative estimate of drug-likeness (QED) is 0.560. The van der Waals surface area contributed by atoms with Crippen LogP contribution in [-0.4, -0.2) is 29.5 Å². The Hall–Kier alpha value is -0.580. The molecule has 0 aromatic heterocycles. The van der Waals surface area contributed by atoms with Crippen LogP contribution in [0.1, 0.15) is 34.6 Å². The maximum Gasteiger partial charge on any atom is 0.182 e. The Kier molecular flexibility index (Phi) is 3.14. The second kappa shape index (κ2) is 3.77. The Balaban J connectivity index is 2.79. The van der Waals surface area contributed by atoms with Crippen LogP contribution in [0.2, 0.25) is 0 Å². The number of hydrazine groups is 1. The molecule has 0 aliphatic carbocycles. The van der Waals surface area contributed by atoms with Crippen molar-refractivity contribution < 1.29 is 9.47 Å². The van der Waals surface area contributed by atoms with Crippen LogP contribution in [0, 0.1) is 0 Å². The molecule has 1 fully saturated rings.